The zero-order chi connectivity index (χ0) is 15.6. The van der Waals surface area contributed by atoms with Crippen molar-refractivity contribution in [2.24, 2.45) is 5.92 Å². The fourth-order valence-corrected chi connectivity index (χ4v) is 2.84. The van der Waals surface area contributed by atoms with Crippen molar-refractivity contribution in [3.8, 4) is 0 Å². The third-order valence-corrected chi connectivity index (χ3v) is 4.11. The Morgan fingerprint density at radius 2 is 2.10 bits per heavy atom. The van der Waals surface area contributed by atoms with Crippen LogP contribution in [0.3, 0.4) is 0 Å². The van der Waals surface area contributed by atoms with Gasteiger partial charge in [0.1, 0.15) is 0 Å². The van der Waals surface area contributed by atoms with Gasteiger partial charge in [0, 0.05) is 30.8 Å². The molecule has 0 saturated carbocycles. The first-order chi connectivity index (χ1) is 9.95. The van der Waals surface area contributed by atoms with Gasteiger partial charge in [0.2, 0.25) is 5.91 Å². The van der Waals surface area contributed by atoms with Crippen molar-refractivity contribution in [2.75, 3.05) is 18.1 Å². The normalized spacial score (nSPS) is 20.9. The fraction of sp³-hybridized carbons (Fsp3) is 0.500. The molecule has 2 N–H and O–H groups in total. The lowest BCUT2D eigenvalue weighted by molar-refractivity contribution is -0.117. The van der Waals surface area contributed by atoms with E-state index in [9.17, 15) is 9.59 Å². The number of nitrogens with zero attached hydrogens (tertiary/aromatic N) is 1. The van der Waals surface area contributed by atoms with Gasteiger partial charge in [-0.25, -0.2) is 0 Å². The molecule has 0 spiro atoms. The van der Waals surface area contributed by atoms with Gasteiger partial charge in [-0.3, -0.25) is 9.59 Å². The Hall–Kier alpha value is -1.88. The van der Waals surface area contributed by atoms with Crippen LogP contribution in [0.15, 0.2) is 18.2 Å². The lowest BCUT2D eigenvalue weighted by Crippen LogP contribution is -2.45. The second-order valence-corrected chi connectivity index (χ2v) is 5.63. The van der Waals surface area contributed by atoms with E-state index in [2.05, 4.69) is 19.2 Å². The summed E-state index contributed by atoms with van der Waals surface area (Å²) in [6.45, 7) is 5.89. The third kappa shape index (κ3) is 3.08. The number of anilines is 1. The fourth-order valence-electron chi connectivity index (χ4n) is 2.84. The maximum Gasteiger partial charge on any atom is 0.251 e. The molecule has 1 aromatic carbocycles. The first-order valence-electron chi connectivity index (χ1n) is 7.27. The van der Waals surface area contributed by atoms with Crippen molar-refractivity contribution in [3.05, 3.63) is 29.3 Å². The predicted octanol–water partition coefficient (Wildman–Crippen LogP) is 1.34. The van der Waals surface area contributed by atoms with Gasteiger partial charge >= 0.3 is 0 Å². The zero-order valence-electron chi connectivity index (χ0n) is 12.7. The Labute approximate surface area is 125 Å². The second-order valence-electron chi connectivity index (χ2n) is 5.63. The van der Waals surface area contributed by atoms with Gasteiger partial charge in [0.25, 0.3) is 5.91 Å². The van der Waals surface area contributed by atoms with E-state index in [0.717, 1.165) is 17.7 Å². The number of fused-ring (bicyclic) bond motifs is 1. The number of carbonyl (C=O) groups is 2. The Balaban J connectivity index is 2.34. The van der Waals surface area contributed by atoms with Crippen molar-refractivity contribution < 1.29 is 14.7 Å². The summed E-state index contributed by atoms with van der Waals surface area (Å²) in [7, 11) is 0. The summed E-state index contributed by atoms with van der Waals surface area (Å²) in [4.78, 5) is 25.6. The summed E-state index contributed by atoms with van der Waals surface area (Å²) in [5, 5.41) is 11.4. The van der Waals surface area contributed by atoms with Crippen LogP contribution in [0, 0.1) is 5.92 Å². The highest BCUT2D eigenvalue weighted by Crippen LogP contribution is 2.34. The molecule has 0 saturated heterocycles. The molecule has 0 aromatic heterocycles. The summed E-state index contributed by atoms with van der Waals surface area (Å²) in [6.07, 6.45) is 0.849. The number of hydrogen-bond donors (Lipinski definition) is 2. The van der Waals surface area contributed by atoms with E-state index in [1.165, 1.54) is 0 Å². The highest BCUT2D eigenvalue weighted by Gasteiger charge is 2.31. The Morgan fingerprint density at radius 1 is 1.38 bits per heavy atom. The SMILES string of the molecule is CC(=O)N1c2ccc(C(=O)NCCO)cc2CC(C)[C@@H]1C. The molecule has 1 aliphatic heterocycles. The molecule has 1 aliphatic rings. The minimum atomic E-state index is -0.201. The van der Waals surface area contributed by atoms with Crippen LogP contribution in [0.1, 0.15) is 36.7 Å². The van der Waals surface area contributed by atoms with Gasteiger partial charge < -0.3 is 15.3 Å². The van der Waals surface area contributed by atoms with Gasteiger partial charge in [-0.05, 0) is 43.0 Å². The second kappa shape index (κ2) is 6.26. The highest BCUT2D eigenvalue weighted by molar-refractivity contribution is 5.97. The van der Waals surface area contributed by atoms with E-state index >= 15 is 0 Å². The molecule has 1 aromatic rings. The molecule has 2 rings (SSSR count). The molecule has 2 amide bonds. The maximum absolute atomic E-state index is 11.9. The Morgan fingerprint density at radius 3 is 2.71 bits per heavy atom. The van der Waals surface area contributed by atoms with Crippen LogP contribution in [0.2, 0.25) is 0 Å². The molecule has 1 unspecified atom stereocenters. The number of aliphatic hydroxyl groups excluding tert-OH is 1. The standard InChI is InChI=1S/C16H22N2O3/c1-10-8-14-9-13(16(21)17-6-7-19)4-5-15(14)18(11(10)2)12(3)20/h4-5,9-11,19H,6-8H2,1-3H3,(H,17,21)/t10?,11-/m0/s1. The summed E-state index contributed by atoms with van der Waals surface area (Å²) in [6, 6.07) is 5.57. The van der Waals surface area contributed by atoms with Crippen LogP contribution in [-0.2, 0) is 11.2 Å². The van der Waals surface area contributed by atoms with Crippen molar-refractivity contribution in [1.29, 1.82) is 0 Å². The molecule has 5 heteroatoms. The van der Waals surface area contributed by atoms with Crippen molar-refractivity contribution in [2.45, 2.75) is 33.2 Å². The van der Waals surface area contributed by atoms with Gasteiger partial charge in [0.05, 0.1) is 6.61 Å². The number of nitrogens with one attached hydrogen (secondary N) is 1. The van der Waals surface area contributed by atoms with Gasteiger partial charge in [-0.2, -0.15) is 0 Å². The molecule has 0 aliphatic carbocycles. The molecule has 0 bridgehead atoms. The van der Waals surface area contributed by atoms with Crippen molar-refractivity contribution >= 4 is 17.5 Å². The van der Waals surface area contributed by atoms with E-state index < -0.39 is 0 Å². The number of carbonyl (C=O) groups excluding carboxylic acids is 2. The Kier molecular flexibility index (Phi) is 4.63. The van der Waals surface area contributed by atoms with Gasteiger partial charge in [0.15, 0.2) is 0 Å². The molecule has 1 heterocycles. The van der Waals surface area contributed by atoms with E-state index in [-0.39, 0.29) is 31.0 Å². The van der Waals surface area contributed by atoms with Gasteiger partial charge in [-0.15, -0.1) is 0 Å². The highest BCUT2D eigenvalue weighted by atomic mass is 16.3. The van der Waals surface area contributed by atoms with Crippen molar-refractivity contribution in [3.63, 3.8) is 0 Å². The van der Waals surface area contributed by atoms with E-state index in [0.29, 0.717) is 11.5 Å². The molecule has 114 valence electrons. The first kappa shape index (κ1) is 15.5. The van der Waals surface area contributed by atoms with Crippen molar-refractivity contribution in [1.82, 2.24) is 5.32 Å². The molecular formula is C16H22N2O3. The van der Waals surface area contributed by atoms with Crippen LogP contribution in [0.5, 0.6) is 0 Å². The maximum atomic E-state index is 11.9. The molecule has 2 atom stereocenters. The van der Waals surface area contributed by atoms with Crippen LogP contribution >= 0.6 is 0 Å². The van der Waals surface area contributed by atoms with E-state index in [4.69, 9.17) is 5.11 Å². The van der Waals surface area contributed by atoms with E-state index in [1.807, 2.05) is 12.1 Å². The molecule has 21 heavy (non-hydrogen) atoms. The molecule has 0 fully saturated rings. The van der Waals surface area contributed by atoms with E-state index in [1.54, 1.807) is 17.9 Å². The minimum Gasteiger partial charge on any atom is -0.395 e. The third-order valence-electron chi connectivity index (χ3n) is 4.11. The first-order valence-corrected chi connectivity index (χ1v) is 7.27. The van der Waals surface area contributed by atoms with Crippen LogP contribution in [0.25, 0.3) is 0 Å². The minimum absolute atomic E-state index is 0.0211. The number of aliphatic hydroxyl groups is 1. The lowest BCUT2D eigenvalue weighted by atomic mass is 9.87. The monoisotopic (exact) mass is 290 g/mol. The summed E-state index contributed by atoms with van der Waals surface area (Å²) in [5.41, 5.74) is 2.48. The number of hydrogen-bond acceptors (Lipinski definition) is 3. The number of benzene rings is 1. The zero-order valence-corrected chi connectivity index (χ0v) is 12.7. The van der Waals surface area contributed by atoms with Crippen LogP contribution in [0.4, 0.5) is 5.69 Å². The smallest absolute Gasteiger partial charge is 0.251 e. The molecular weight excluding hydrogens is 268 g/mol. The number of rotatable bonds is 3. The van der Waals surface area contributed by atoms with Crippen LogP contribution in [-0.4, -0.2) is 36.1 Å². The Bertz CT molecular complexity index is 556. The summed E-state index contributed by atoms with van der Waals surface area (Å²) >= 11 is 0. The topological polar surface area (TPSA) is 69.6 Å². The largest absolute Gasteiger partial charge is 0.395 e. The lowest BCUT2D eigenvalue weighted by Gasteiger charge is -2.39. The quantitative estimate of drug-likeness (QED) is 0.882. The average molecular weight is 290 g/mol. The molecule has 0 radical (unpaired) electrons. The van der Waals surface area contributed by atoms with Gasteiger partial charge in [-0.1, -0.05) is 6.92 Å². The molecule has 5 nitrogen and oxygen atoms in total. The van der Waals surface area contributed by atoms with Crippen LogP contribution < -0.4 is 10.2 Å². The number of amides is 2. The summed E-state index contributed by atoms with van der Waals surface area (Å²) < 4.78 is 0. The predicted molar refractivity (Wildman–Crippen MR) is 81.4 cm³/mol. The average Bonchev–Trinajstić information content (AvgIpc) is 2.45. The summed E-state index contributed by atoms with van der Waals surface area (Å²) in [5.74, 6) is 0.164.